The highest BCUT2D eigenvalue weighted by molar-refractivity contribution is 14.0. The molecule has 146 valence electrons. The lowest BCUT2D eigenvalue weighted by atomic mass is 9.57. The average Bonchev–Trinajstić information content (AvgIpc) is 3.11. The normalized spacial score (nSPS) is 26.0. The van der Waals surface area contributed by atoms with Gasteiger partial charge in [-0.3, -0.25) is 0 Å². The van der Waals surface area contributed by atoms with Gasteiger partial charge >= 0.3 is 0 Å². The molecule has 0 aromatic heterocycles. The van der Waals surface area contributed by atoms with E-state index in [9.17, 15) is 0 Å². The van der Waals surface area contributed by atoms with E-state index in [1.165, 1.54) is 16.3 Å². The van der Waals surface area contributed by atoms with Gasteiger partial charge in [-0.1, -0.05) is 56.3 Å². The van der Waals surface area contributed by atoms with Gasteiger partial charge in [0.05, 0.1) is 12.6 Å². The Balaban J connectivity index is 0.00000210. The summed E-state index contributed by atoms with van der Waals surface area (Å²) in [6, 6.07) is 15.4. The van der Waals surface area contributed by atoms with Crippen LogP contribution >= 0.6 is 24.0 Å². The van der Waals surface area contributed by atoms with Crippen LogP contribution in [0.1, 0.15) is 32.8 Å². The predicted molar refractivity (Wildman–Crippen MR) is 123 cm³/mol. The predicted octanol–water partition coefficient (Wildman–Crippen LogP) is 4.33. The summed E-state index contributed by atoms with van der Waals surface area (Å²) in [6.45, 7) is 9.13. The zero-order chi connectivity index (χ0) is 18.1. The van der Waals surface area contributed by atoms with Crippen molar-refractivity contribution < 1.29 is 4.74 Å². The van der Waals surface area contributed by atoms with E-state index >= 15 is 0 Å². The molecule has 1 heterocycles. The molecule has 3 atom stereocenters. The Hall–Kier alpha value is -1.34. The summed E-state index contributed by atoms with van der Waals surface area (Å²) in [5.74, 6) is 1.51. The van der Waals surface area contributed by atoms with Crippen molar-refractivity contribution in [1.29, 1.82) is 0 Å². The zero-order valence-corrected chi connectivity index (χ0v) is 18.7. The summed E-state index contributed by atoms with van der Waals surface area (Å²) in [6.07, 6.45) is 1.54. The molecule has 2 aromatic carbocycles. The topological polar surface area (TPSA) is 45.7 Å². The van der Waals surface area contributed by atoms with Gasteiger partial charge in [0.1, 0.15) is 0 Å². The number of hydrogen-bond donors (Lipinski definition) is 2. The van der Waals surface area contributed by atoms with Crippen molar-refractivity contribution in [2.75, 3.05) is 13.2 Å². The minimum absolute atomic E-state index is 0. The first-order valence-electron chi connectivity index (χ1n) is 9.74. The standard InChI is InChI=1S/C22H29N3O.HI/c1-4-23-21(25-19-18-12-13-26-20(18)22(19,2)3)24-14-16-10-7-9-15-8-5-6-11-17(15)16;/h5-11,18-20H,4,12-14H2,1-3H3,(H2,23,24,25);1H. The maximum absolute atomic E-state index is 5.92. The van der Waals surface area contributed by atoms with Gasteiger partial charge < -0.3 is 15.4 Å². The van der Waals surface area contributed by atoms with Gasteiger partial charge in [0.15, 0.2) is 5.96 Å². The first-order chi connectivity index (χ1) is 12.6. The fourth-order valence-corrected chi connectivity index (χ4v) is 4.68. The van der Waals surface area contributed by atoms with E-state index in [-0.39, 0.29) is 29.4 Å². The molecule has 1 aliphatic heterocycles. The van der Waals surface area contributed by atoms with Gasteiger partial charge in [0, 0.05) is 30.5 Å². The van der Waals surface area contributed by atoms with E-state index < -0.39 is 0 Å². The second-order valence-corrected chi connectivity index (χ2v) is 8.02. The highest BCUT2D eigenvalue weighted by atomic mass is 127. The summed E-state index contributed by atoms with van der Waals surface area (Å²) >= 11 is 0. The van der Waals surface area contributed by atoms with Gasteiger partial charge in [-0.25, -0.2) is 4.99 Å². The number of benzene rings is 2. The van der Waals surface area contributed by atoms with Gasteiger partial charge in [-0.05, 0) is 29.7 Å². The molecule has 1 aliphatic carbocycles. The van der Waals surface area contributed by atoms with Crippen LogP contribution in [0, 0.1) is 11.3 Å². The Morgan fingerprint density at radius 2 is 1.96 bits per heavy atom. The summed E-state index contributed by atoms with van der Waals surface area (Å²) in [4.78, 5) is 4.89. The lowest BCUT2D eigenvalue weighted by Gasteiger charge is -2.54. The largest absolute Gasteiger partial charge is 0.377 e. The van der Waals surface area contributed by atoms with Crippen molar-refractivity contribution in [3.05, 3.63) is 48.0 Å². The van der Waals surface area contributed by atoms with Gasteiger partial charge in [0.25, 0.3) is 0 Å². The minimum atomic E-state index is 0. The quantitative estimate of drug-likeness (QED) is 0.390. The molecule has 0 bridgehead atoms. The fourth-order valence-electron chi connectivity index (χ4n) is 4.68. The lowest BCUT2D eigenvalue weighted by Crippen LogP contribution is -2.67. The minimum Gasteiger partial charge on any atom is -0.377 e. The maximum Gasteiger partial charge on any atom is 0.191 e. The monoisotopic (exact) mass is 479 g/mol. The number of aliphatic imine (C=N–C) groups is 1. The number of rotatable bonds is 4. The van der Waals surface area contributed by atoms with Crippen LogP contribution in [-0.4, -0.2) is 31.3 Å². The molecule has 1 saturated carbocycles. The molecule has 1 saturated heterocycles. The maximum atomic E-state index is 5.92. The van der Waals surface area contributed by atoms with Crippen LogP contribution in [0.2, 0.25) is 0 Å². The molecule has 2 aliphatic rings. The Bertz CT molecular complexity index is 815. The summed E-state index contributed by atoms with van der Waals surface area (Å²) in [7, 11) is 0. The van der Waals surface area contributed by atoms with E-state index in [0.717, 1.165) is 25.5 Å². The fraction of sp³-hybridized carbons (Fsp3) is 0.500. The van der Waals surface area contributed by atoms with Crippen LogP contribution in [0.25, 0.3) is 10.8 Å². The van der Waals surface area contributed by atoms with E-state index in [0.29, 0.717) is 24.6 Å². The van der Waals surface area contributed by atoms with Crippen molar-refractivity contribution >= 4 is 40.7 Å². The summed E-state index contributed by atoms with van der Waals surface area (Å²) in [5.41, 5.74) is 1.41. The summed E-state index contributed by atoms with van der Waals surface area (Å²) < 4.78 is 5.92. The van der Waals surface area contributed by atoms with Crippen molar-refractivity contribution in [2.24, 2.45) is 16.3 Å². The second kappa shape index (κ2) is 8.35. The molecule has 2 aromatic rings. The third-order valence-corrected chi connectivity index (χ3v) is 6.02. The van der Waals surface area contributed by atoms with Crippen molar-refractivity contribution in [1.82, 2.24) is 10.6 Å². The van der Waals surface area contributed by atoms with Crippen LogP contribution in [0.3, 0.4) is 0 Å². The molecule has 0 radical (unpaired) electrons. The lowest BCUT2D eigenvalue weighted by molar-refractivity contribution is -0.106. The first kappa shape index (κ1) is 20.4. The van der Waals surface area contributed by atoms with Crippen LogP contribution in [0.15, 0.2) is 47.5 Å². The second-order valence-electron chi connectivity index (χ2n) is 8.02. The molecule has 4 rings (SSSR count). The highest BCUT2D eigenvalue weighted by Crippen LogP contribution is 2.52. The van der Waals surface area contributed by atoms with Crippen LogP contribution in [0.4, 0.5) is 0 Å². The molecule has 2 N–H and O–H groups in total. The third-order valence-electron chi connectivity index (χ3n) is 6.02. The van der Waals surface area contributed by atoms with Gasteiger partial charge in [-0.2, -0.15) is 0 Å². The van der Waals surface area contributed by atoms with Crippen molar-refractivity contribution in [3.63, 3.8) is 0 Å². The molecule has 5 heteroatoms. The van der Waals surface area contributed by atoms with Crippen LogP contribution in [0.5, 0.6) is 0 Å². The molecule has 27 heavy (non-hydrogen) atoms. The Morgan fingerprint density at radius 3 is 2.78 bits per heavy atom. The van der Waals surface area contributed by atoms with E-state index in [1.807, 2.05) is 0 Å². The van der Waals surface area contributed by atoms with Crippen molar-refractivity contribution in [3.8, 4) is 0 Å². The highest BCUT2D eigenvalue weighted by Gasteiger charge is 2.59. The summed E-state index contributed by atoms with van der Waals surface area (Å²) in [5, 5.41) is 9.66. The third kappa shape index (κ3) is 3.81. The SMILES string of the molecule is CCNC(=NCc1cccc2ccccc12)NC1C2CCOC2C1(C)C.I. The van der Waals surface area contributed by atoms with Crippen molar-refractivity contribution in [2.45, 2.75) is 45.9 Å². The number of guanidine groups is 1. The molecule has 0 spiro atoms. The average molecular weight is 479 g/mol. The van der Waals surface area contributed by atoms with Gasteiger partial charge in [-0.15, -0.1) is 24.0 Å². The number of nitrogens with one attached hydrogen (secondary N) is 2. The van der Waals surface area contributed by atoms with E-state index in [4.69, 9.17) is 9.73 Å². The molecule has 0 amide bonds. The first-order valence-corrected chi connectivity index (χ1v) is 9.74. The Labute approximate surface area is 179 Å². The molecular formula is C22H30IN3O. The van der Waals surface area contributed by atoms with Gasteiger partial charge in [0.2, 0.25) is 0 Å². The molecule has 2 fully saturated rings. The number of hydrogen-bond acceptors (Lipinski definition) is 2. The number of ether oxygens (including phenoxy) is 1. The van der Waals surface area contributed by atoms with Crippen LogP contribution in [-0.2, 0) is 11.3 Å². The number of halogens is 1. The molecule has 4 nitrogen and oxygen atoms in total. The molecular weight excluding hydrogens is 449 g/mol. The number of fused-ring (bicyclic) bond motifs is 2. The smallest absolute Gasteiger partial charge is 0.191 e. The molecule has 3 unspecified atom stereocenters. The Morgan fingerprint density at radius 1 is 1.19 bits per heavy atom. The number of nitrogens with zero attached hydrogens (tertiary/aromatic N) is 1. The zero-order valence-electron chi connectivity index (χ0n) is 16.4. The van der Waals surface area contributed by atoms with E-state index in [1.54, 1.807) is 0 Å². The van der Waals surface area contributed by atoms with Crippen LogP contribution < -0.4 is 10.6 Å². The Kier molecular flexibility index (Phi) is 6.31. The van der Waals surface area contributed by atoms with E-state index in [2.05, 4.69) is 73.9 Å².